The number of likely N-dealkylation sites (N-methyl/N-ethyl adjacent to an activating group) is 1. The van der Waals surface area contributed by atoms with Crippen LogP contribution in [0.5, 0.6) is 0 Å². The minimum Gasteiger partial charge on any atom is -0.371 e. The summed E-state index contributed by atoms with van der Waals surface area (Å²) in [5.41, 5.74) is 2.06. The van der Waals surface area contributed by atoms with Gasteiger partial charge in [0.1, 0.15) is 5.82 Å². The van der Waals surface area contributed by atoms with Crippen LogP contribution in [0.3, 0.4) is 0 Å². The summed E-state index contributed by atoms with van der Waals surface area (Å²) in [5, 5.41) is 0. The summed E-state index contributed by atoms with van der Waals surface area (Å²) < 4.78 is 18.9. The SMILES string of the molecule is C[C@@H](c1ccccc1)N(C)C(=O)CN1CCO[C@@H](c2ccc(F)cc2)C1. The highest BCUT2D eigenvalue weighted by atomic mass is 19.1. The molecule has 3 rings (SSSR count). The van der Waals surface area contributed by atoms with E-state index in [9.17, 15) is 9.18 Å². The normalized spacial score (nSPS) is 19.1. The first-order valence-electron chi connectivity index (χ1n) is 8.94. The summed E-state index contributed by atoms with van der Waals surface area (Å²) >= 11 is 0. The van der Waals surface area contributed by atoms with Gasteiger partial charge in [-0.1, -0.05) is 42.5 Å². The standard InChI is InChI=1S/C21H25FN2O2/c1-16(17-6-4-3-5-7-17)23(2)21(25)15-24-12-13-26-20(14-24)18-8-10-19(22)11-9-18/h3-11,16,20H,12-15H2,1-2H3/t16-,20+/m0/s1. The highest BCUT2D eigenvalue weighted by molar-refractivity contribution is 5.78. The molecule has 1 fully saturated rings. The van der Waals surface area contributed by atoms with E-state index in [1.54, 1.807) is 17.0 Å². The van der Waals surface area contributed by atoms with E-state index in [4.69, 9.17) is 4.74 Å². The Bertz CT molecular complexity index is 721. The molecule has 0 bridgehead atoms. The van der Waals surface area contributed by atoms with Gasteiger partial charge >= 0.3 is 0 Å². The fraction of sp³-hybridized carbons (Fsp3) is 0.381. The zero-order chi connectivity index (χ0) is 18.5. The molecule has 26 heavy (non-hydrogen) atoms. The Hall–Kier alpha value is -2.24. The predicted molar refractivity (Wildman–Crippen MR) is 99.2 cm³/mol. The second-order valence-electron chi connectivity index (χ2n) is 6.74. The highest BCUT2D eigenvalue weighted by Gasteiger charge is 2.26. The molecule has 0 unspecified atom stereocenters. The van der Waals surface area contributed by atoms with Crippen LogP contribution < -0.4 is 0 Å². The van der Waals surface area contributed by atoms with Crippen molar-refractivity contribution in [3.8, 4) is 0 Å². The van der Waals surface area contributed by atoms with E-state index >= 15 is 0 Å². The van der Waals surface area contributed by atoms with Crippen LogP contribution >= 0.6 is 0 Å². The fourth-order valence-corrected chi connectivity index (χ4v) is 3.20. The summed E-state index contributed by atoms with van der Waals surface area (Å²) in [7, 11) is 1.85. The minimum absolute atomic E-state index is 0.0256. The molecule has 1 saturated heterocycles. The van der Waals surface area contributed by atoms with Crippen molar-refractivity contribution in [1.29, 1.82) is 0 Å². The van der Waals surface area contributed by atoms with Crippen LogP contribution in [0.1, 0.15) is 30.2 Å². The van der Waals surface area contributed by atoms with Crippen molar-refractivity contribution in [3.05, 3.63) is 71.5 Å². The maximum atomic E-state index is 13.1. The number of halogens is 1. The third-order valence-electron chi connectivity index (χ3n) is 5.01. The lowest BCUT2D eigenvalue weighted by molar-refractivity contribution is -0.135. The number of benzene rings is 2. The van der Waals surface area contributed by atoms with Crippen LogP contribution in [0.4, 0.5) is 4.39 Å². The Morgan fingerprint density at radius 3 is 2.62 bits per heavy atom. The molecule has 5 heteroatoms. The average molecular weight is 356 g/mol. The first-order chi connectivity index (χ1) is 12.5. The van der Waals surface area contributed by atoms with Crippen molar-refractivity contribution in [3.63, 3.8) is 0 Å². The summed E-state index contributed by atoms with van der Waals surface area (Å²) in [6.07, 6.45) is -0.131. The van der Waals surface area contributed by atoms with E-state index in [-0.39, 0.29) is 23.9 Å². The number of amides is 1. The molecule has 0 radical (unpaired) electrons. The Labute approximate surface area is 154 Å². The van der Waals surface area contributed by atoms with Crippen molar-refractivity contribution in [2.45, 2.75) is 19.1 Å². The minimum atomic E-state index is -0.256. The van der Waals surface area contributed by atoms with Crippen LogP contribution in [-0.4, -0.2) is 49.0 Å². The molecular weight excluding hydrogens is 331 g/mol. The maximum Gasteiger partial charge on any atom is 0.236 e. The largest absolute Gasteiger partial charge is 0.371 e. The fourth-order valence-electron chi connectivity index (χ4n) is 3.20. The first kappa shape index (κ1) is 18.5. The van der Waals surface area contributed by atoms with E-state index in [0.717, 1.165) is 17.7 Å². The molecule has 0 spiro atoms. The summed E-state index contributed by atoms with van der Waals surface area (Å²) in [6, 6.07) is 16.4. The van der Waals surface area contributed by atoms with Gasteiger partial charge in [0.05, 0.1) is 25.3 Å². The van der Waals surface area contributed by atoms with Gasteiger partial charge in [-0.3, -0.25) is 9.69 Å². The van der Waals surface area contributed by atoms with Gasteiger partial charge < -0.3 is 9.64 Å². The van der Waals surface area contributed by atoms with Gasteiger partial charge in [0.25, 0.3) is 0 Å². The lowest BCUT2D eigenvalue weighted by atomic mass is 10.1. The van der Waals surface area contributed by atoms with Crippen LogP contribution in [0.25, 0.3) is 0 Å². The van der Waals surface area contributed by atoms with E-state index < -0.39 is 0 Å². The number of ether oxygens (including phenoxy) is 1. The van der Waals surface area contributed by atoms with Crippen molar-refractivity contribution < 1.29 is 13.9 Å². The zero-order valence-electron chi connectivity index (χ0n) is 15.3. The molecule has 1 heterocycles. The molecule has 0 N–H and O–H groups in total. The number of carbonyl (C=O) groups is 1. The molecule has 0 aromatic heterocycles. The molecule has 0 aliphatic carbocycles. The third kappa shape index (κ3) is 4.48. The molecule has 2 atom stereocenters. The van der Waals surface area contributed by atoms with Gasteiger partial charge in [0.15, 0.2) is 0 Å². The molecule has 1 amide bonds. The van der Waals surface area contributed by atoms with Crippen LogP contribution in [-0.2, 0) is 9.53 Å². The number of nitrogens with zero attached hydrogens (tertiary/aromatic N) is 2. The van der Waals surface area contributed by atoms with E-state index in [1.807, 2.05) is 44.3 Å². The molecule has 2 aromatic carbocycles. The van der Waals surface area contributed by atoms with Crippen LogP contribution in [0, 0.1) is 5.82 Å². The van der Waals surface area contributed by atoms with Crippen molar-refractivity contribution in [2.75, 3.05) is 33.3 Å². The van der Waals surface area contributed by atoms with Crippen LogP contribution in [0.2, 0.25) is 0 Å². The van der Waals surface area contributed by atoms with Crippen molar-refractivity contribution >= 4 is 5.91 Å². The number of rotatable bonds is 5. The van der Waals surface area contributed by atoms with Gasteiger partial charge in [-0.05, 0) is 30.2 Å². The van der Waals surface area contributed by atoms with Gasteiger partial charge in [-0.25, -0.2) is 4.39 Å². The van der Waals surface area contributed by atoms with E-state index in [0.29, 0.717) is 19.7 Å². The van der Waals surface area contributed by atoms with E-state index in [2.05, 4.69) is 4.90 Å². The quantitative estimate of drug-likeness (QED) is 0.823. The molecule has 2 aromatic rings. The number of hydrogen-bond acceptors (Lipinski definition) is 3. The Morgan fingerprint density at radius 1 is 1.23 bits per heavy atom. The second-order valence-corrected chi connectivity index (χ2v) is 6.74. The molecule has 0 saturated carbocycles. The first-order valence-corrected chi connectivity index (χ1v) is 8.94. The Morgan fingerprint density at radius 2 is 1.92 bits per heavy atom. The second kappa shape index (κ2) is 8.43. The van der Waals surface area contributed by atoms with Crippen molar-refractivity contribution in [1.82, 2.24) is 9.80 Å². The lowest BCUT2D eigenvalue weighted by Gasteiger charge is -2.34. The van der Waals surface area contributed by atoms with Crippen LogP contribution in [0.15, 0.2) is 54.6 Å². The topological polar surface area (TPSA) is 32.8 Å². The number of carbonyl (C=O) groups excluding carboxylic acids is 1. The lowest BCUT2D eigenvalue weighted by Crippen LogP contribution is -2.45. The van der Waals surface area contributed by atoms with Gasteiger partial charge in [0, 0.05) is 20.1 Å². The van der Waals surface area contributed by atoms with Crippen molar-refractivity contribution in [2.24, 2.45) is 0 Å². The monoisotopic (exact) mass is 356 g/mol. The van der Waals surface area contributed by atoms with Gasteiger partial charge in [-0.2, -0.15) is 0 Å². The highest BCUT2D eigenvalue weighted by Crippen LogP contribution is 2.23. The molecular formula is C21H25FN2O2. The molecule has 138 valence electrons. The number of hydrogen-bond donors (Lipinski definition) is 0. The zero-order valence-corrected chi connectivity index (χ0v) is 15.3. The smallest absolute Gasteiger partial charge is 0.236 e. The number of morpholine rings is 1. The third-order valence-corrected chi connectivity index (χ3v) is 5.01. The Kier molecular flexibility index (Phi) is 6.01. The molecule has 4 nitrogen and oxygen atoms in total. The summed E-state index contributed by atoms with van der Waals surface area (Å²) in [5.74, 6) is -0.172. The predicted octanol–water partition coefficient (Wildman–Crippen LogP) is 3.42. The maximum absolute atomic E-state index is 13.1. The molecule has 1 aliphatic rings. The summed E-state index contributed by atoms with van der Waals surface area (Å²) in [6.45, 7) is 4.30. The van der Waals surface area contributed by atoms with E-state index in [1.165, 1.54) is 12.1 Å². The van der Waals surface area contributed by atoms with Gasteiger partial charge in [-0.15, -0.1) is 0 Å². The Balaban J connectivity index is 1.59. The average Bonchev–Trinajstić information content (AvgIpc) is 2.68. The molecule has 1 aliphatic heterocycles. The summed E-state index contributed by atoms with van der Waals surface area (Å²) in [4.78, 5) is 16.6. The van der Waals surface area contributed by atoms with Gasteiger partial charge in [0.2, 0.25) is 5.91 Å².